The van der Waals surface area contributed by atoms with Crippen LogP contribution in [0.5, 0.6) is 0 Å². The van der Waals surface area contributed by atoms with Crippen molar-refractivity contribution in [3.63, 3.8) is 0 Å². The van der Waals surface area contributed by atoms with Gasteiger partial charge in [-0.15, -0.1) is 0 Å². The van der Waals surface area contributed by atoms with Gasteiger partial charge < -0.3 is 14.7 Å². The molecule has 2 bridgehead atoms. The Bertz CT molecular complexity index is 701. The van der Waals surface area contributed by atoms with E-state index in [1.165, 1.54) is 6.20 Å². The molecule has 20 heavy (non-hydrogen) atoms. The maximum Gasteiger partial charge on any atom is 0.336 e. The molecule has 4 rings (SSSR count). The molecule has 2 fully saturated rings. The second-order valence-corrected chi connectivity index (χ2v) is 5.36. The summed E-state index contributed by atoms with van der Waals surface area (Å²) in [6.07, 6.45) is 2.93. The topological polar surface area (TPSA) is 62.7 Å². The van der Waals surface area contributed by atoms with Gasteiger partial charge in [-0.05, 0) is 30.7 Å². The average molecular weight is 270 g/mol. The minimum absolute atomic E-state index is 0.303. The number of aromatic nitrogens is 1. The molecule has 5 heteroatoms. The molecule has 0 saturated carbocycles. The molecule has 1 N–H and O–H groups in total. The SMILES string of the molecule is O=C(O)c1ccnc2ccc(N3C[C@H]4C[C@@H]3CO4)cc12. The van der Waals surface area contributed by atoms with E-state index in [0.717, 1.165) is 25.3 Å². The molecule has 0 amide bonds. The Balaban J connectivity index is 1.82. The quantitative estimate of drug-likeness (QED) is 0.903. The van der Waals surface area contributed by atoms with Crippen molar-refractivity contribution in [1.29, 1.82) is 0 Å². The Morgan fingerprint density at radius 3 is 3.00 bits per heavy atom. The monoisotopic (exact) mass is 270 g/mol. The minimum atomic E-state index is -0.916. The summed E-state index contributed by atoms with van der Waals surface area (Å²) in [5, 5.41) is 9.98. The molecule has 2 aliphatic heterocycles. The second kappa shape index (κ2) is 4.18. The zero-order chi connectivity index (χ0) is 13.7. The number of aromatic carboxylic acids is 1. The lowest BCUT2D eigenvalue weighted by Crippen LogP contribution is -2.36. The molecule has 2 saturated heterocycles. The Morgan fingerprint density at radius 1 is 1.40 bits per heavy atom. The van der Waals surface area contributed by atoms with Crippen LogP contribution >= 0.6 is 0 Å². The number of anilines is 1. The van der Waals surface area contributed by atoms with E-state index in [4.69, 9.17) is 4.74 Å². The highest BCUT2D eigenvalue weighted by Crippen LogP contribution is 2.34. The summed E-state index contributed by atoms with van der Waals surface area (Å²) in [7, 11) is 0. The minimum Gasteiger partial charge on any atom is -0.478 e. The maximum absolute atomic E-state index is 11.3. The van der Waals surface area contributed by atoms with E-state index in [9.17, 15) is 9.90 Å². The van der Waals surface area contributed by atoms with Crippen molar-refractivity contribution in [2.24, 2.45) is 0 Å². The summed E-state index contributed by atoms with van der Waals surface area (Å²) in [4.78, 5) is 17.9. The van der Waals surface area contributed by atoms with E-state index >= 15 is 0 Å². The van der Waals surface area contributed by atoms with Gasteiger partial charge in [0.05, 0.1) is 29.8 Å². The number of carboxylic acids is 1. The standard InChI is InChI=1S/C15H14N2O3/c18-15(19)12-3-4-16-14-2-1-9(6-13(12)14)17-7-11-5-10(17)8-20-11/h1-4,6,10-11H,5,7-8H2,(H,18,19)/t10-,11-/m1/s1. The van der Waals surface area contributed by atoms with E-state index in [-0.39, 0.29) is 0 Å². The van der Waals surface area contributed by atoms with Gasteiger partial charge >= 0.3 is 5.97 Å². The summed E-state index contributed by atoms with van der Waals surface area (Å²) in [6.45, 7) is 1.65. The zero-order valence-electron chi connectivity index (χ0n) is 10.8. The van der Waals surface area contributed by atoms with Gasteiger partial charge in [0.1, 0.15) is 0 Å². The first kappa shape index (κ1) is 11.7. The highest BCUT2D eigenvalue weighted by molar-refractivity contribution is 6.03. The molecule has 2 aromatic rings. The Morgan fingerprint density at radius 2 is 2.30 bits per heavy atom. The van der Waals surface area contributed by atoms with Crippen LogP contribution in [-0.2, 0) is 4.74 Å². The zero-order valence-corrected chi connectivity index (χ0v) is 10.8. The molecule has 0 radical (unpaired) electrons. The summed E-state index contributed by atoms with van der Waals surface area (Å²) < 4.78 is 5.60. The Labute approximate surface area is 115 Å². The van der Waals surface area contributed by atoms with Crippen LogP contribution in [0, 0.1) is 0 Å². The first-order chi connectivity index (χ1) is 9.72. The summed E-state index contributed by atoms with van der Waals surface area (Å²) >= 11 is 0. The molecule has 0 aliphatic carbocycles. The molecule has 102 valence electrons. The number of rotatable bonds is 2. The lowest BCUT2D eigenvalue weighted by molar-refractivity contribution is 0.0699. The maximum atomic E-state index is 11.3. The normalized spacial score (nSPS) is 24.5. The van der Waals surface area contributed by atoms with Crippen molar-refractivity contribution < 1.29 is 14.6 Å². The van der Waals surface area contributed by atoms with Crippen LogP contribution in [0.3, 0.4) is 0 Å². The third-order valence-corrected chi connectivity index (χ3v) is 4.19. The molecular formula is C15H14N2O3. The predicted octanol–water partition coefficient (Wildman–Crippen LogP) is 1.91. The number of pyridine rings is 1. The average Bonchev–Trinajstić information content (AvgIpc) is 3.08. The van der Waals surface area contributed by atoms with Crippen LogP contribution in [0.2, 0.25) is 0 Å². The van der Waals surface area contributed by atoms with Crippen LogP contribution in [0.15, 0.2) is 30.5 Å². The fraction of sp³-hybridized carbons (Fsp3) is 0.333. The smallest absolute Gasteiger partial charge is 0.336 e. The van der Waals surface area contributed by atoms with Gasteiger partial charge in [0, 0.05) is 23.8 Å². The van der Waals surface area contributed by atoms with Crippen LogP contribution in [0.25, 0.3) is 10.9 Å². The molecule has 1 aromatic carbocycles. The largest absolute Gasteiger partial charge is 0.478 e. The van der Waals surface area contributed by atoms with Gasteiger partial charge in [0.25, 0.3) is 0 Å². The van der Waals surface area contributed by atoms with Crippen LogP contribution in [0.1, 0.15) is 16.8 Å². The molecule has 5 nitrogen and oxygen atoms in total. The Hall–Kier alpha value is -2.14. The van der Waals surface area contributed by atoms with Gasteiger partial charge in [-0.25, -0.2) is 4.79 Å². The van der Waals surface area contributed by atoms with Crippen molar-refractivity contribution in [3.8, 4) is 0 Å². The van der Waals surface area contributed by atoms with Gasteiger partial charge in [0.15, 0.2) is 0 Å². The van der Waals surface area contributed by atoms with Crippen molar-refractivity contribution in [2.75, 3.05) is 18.1 Å². The van der Waals surface area contributed by atoms with Crippen molar-refractivity contribution in [3.05, 3.63) is 36.0 Å². The number of nitrogens with zero attached hydrogens (tertiary/aromatic N) is 2. The summed E-state index contributed by atoms with van der Waals surface area (Å²) in [5.41, 5.74) is 2.08. The molecule has 0 unspecified atom stereocenters. The van der Waals surface area contributed by atoms with Crippen molar-refractivity contribution in [2.45, 2.75) is 18.6 Å². The van der Waals surface area contributed by atoms with E-state index in [0.29, 0.717) is 28.6 Å². The molecule has 3 heterocycles. The lowest BCUT2D eigenvalue weighted by Gasteiger charge is -2.29. The van der Waals surface area contributed by atoms with E-state index < -0.39 is 5.97 Å². The van der Waals surface area contributed by atoms with Crippen molar-refractivity contribution in [1.82, 2.24) is 4.98 Å². The first-order valence-electron chi connectivity index (χ1n) is 6.72. The highest BCUT2D eigenvalue weighted by atomic mass is 16.5. The number of benzene rings is 1. The van der Waals surface area contributed by atoms with Crippen LogP contribution < -0.4 is 4.90 Å². The van der Waals surface area contributed by atoms with Crippen LogP contribution in [0.4, 0.5) is 5.69 Å². The van der Waals surface area contributed by atoms with Gasteiger partial charge in [0.2, 0.25) is 0 Å². The number of ether oxygens (including phenoxy) is 1. The number of carboxylic acid groups (broad SMARTS) is 1. The third-order valence-electron chi connectivity index (χ3n) is 4.19. The summed E-state index contributed by atoms with van der Waals surface area (Å²) in [5.74, 6) is -0.916. The molecular weight excluding hydrogens is 256 g/mol. The van der Waals surface area contributed by atoms with E-state index in [1.54, 1.807) is 6.07 Å². The third kappa shape index (κ3) is 1.67. The Kier molecular flexibility index (Phi) is 2.44. The molecule has 2 atom stereocenters. The number of fused-ring (bicyclic) bond motifs is 3. The molecule has 2 aliphatic rings. The lowest BCUT2D eigenvalue weighted by atomic mass is 10.1. The van der Waals surface area contributed by atoms with E-state index in [2.05, 4.69) is 9.88 Å². The number of hydrogen-bond acceptors (Lipinski definition) is 4. The van der Waals surface area contributed by atoms with Gasteiger partial charge in [-0.2, -0.15) is 0 Å². The molecule has 1 aromatic heterocycles. The number of morpholine rings is 1. The van der Waals surface area contributed by atoms with Crippen LogP contribution in [-0.4, -0.2) is 41.4 Å². The fourth-order valence-corrected chi connectivity index (χ4v) is 3.22. The highest BCUT2D eigenvalue weighted by Gasteiger charge is 2.39. The number of carbonyl (C=O) groups is 1. The summed E-state index contributed by atoms with van der Waals surface area (Å²) in [6, 6.07) is 7.81. The predicted molar refractivity (Wildman–Crippen MR) is 74.2 cm³/mol. The number of hydrogen-bond donors (Lipinski definition) is 1. The molecule has 0 spiro atoms. The van der Waals surface area contributed by atoms with Gasteiger partial charge in [-0.1, -0.05) is 0 Å². The second-order valence-electron chi connectivity index (χ2n) is 5.36. The first-order valence-corrected chi connectivity index (χ1v) is 6.72. The van der Waals surface area contributed by atoms with Crippen molar-refractivity contribution >= 4 is 22.6 Å². The van der Waals surface area contributed by atoms with E-state index in [1.807, 2.05) is 18.2 Å². The fourth-order valence-electron chi connectivity index (χ4n) is 3.22. The van der Waals surface area contributed by atoms with Gasteiger partial charge in [-0.3, -0.25) is 4.98 Å².